The summed E-state index contributed by atoms with van der Waals surface area (Å²) in [6.45, 7) is 0. The van der Waals surface area contributed by atoms with Gasteiger partial charge in [-0.2, -0.15) is 0 Å². The number of carbonyl (C=O) groups is 1. The van der Waals surface area contributed by atoms with Crippen molar-refractivity contribution in [1.82, 2.24) is 5.32 Å². The number of hydrogen-bond donors (Lipinski definition) is 2. The van der Waals surface area contributed by atoms with Crippen LogP contribution in [0.2, 0.25) is 0 Å². The van der Waals surface area contributed by atoms with Gasteiger partial charge in [0.25, 0.3) is 0 Å². The van der Waals surface area contributed by atoms with Crippen molar-refractivity contribution in [2.75, 3.05) is 12.4 Å². The van der Waals surface area contributed by atoms with Gasteiger partial charge in [-0.05, 0) is 24.5 Å². The van der Waals surface area contributed by atoms with Crippen LogP contribution in [-0.4, -0.2) is 19.0 Å². The molecule has 0 spiro atoms. The molecule has 15 heavy (non-hydrogen) atoms. The minimum Gasteiger partial charge on any atom is -0.382 e. The second-order valence-electron chi connectivity index (χ2n) is 3.91. The van der Waals surface area contributed by atoms with E-state index in [4.69, 9.17) is 0 Å². The van der Waals surface area contributed by atoms with Crippen LogP contribution in [-0.2, 0) is 11.2 Å². The van der Waals surface area contributed by atoms with Gasteiger partial charge >= 0.3 is 0 Å². The largest absolute Gasteiger partial charge is 0.382 e. The first-order chi connectivity index (χ1) is 7.29. The Morgan fingerprint density at radius 1 is 1.53 bits per heavy atom. The van der Waals surface area contributed by atoms with E-state index in [1.54, 1.807) is 7.05 Å². The number of hydrogen-bond acceptors (Lipinski definition) is 2. The van der Waals surface area contributed by atoms with Gasteiger partial charge in [0, 0.05) is 25.2 Å². The minimum atomic E-state index is 0.118. The third-order valence-electron chi connectivity index (χ3n) is 2.84. The molecule has 80 valence electrons. The number of benzene rings is 1. The average Bonchev–Trinajstić information content (AvgIpc) is 2.68. The summed E-state index contributed by atoms with van der Waals surface area (Å²) in [5.74, 6) is 0.118. The molecule has 0 aromatic heterocycles. The number of fused-ring (bicyclic) bond motifs is 1. The molecular formula is C12H16N2O. The van der Waals surface area contributed by atoms with Gasteiger partial charge in [-0.3, -0.25) is 4.79 Å². The van der Waals surface area contributed by atoms with E-state index in [2.05, 4.69) is 28.8 Å². The highest BCUT2D eigenvalue weighted by molar-refractivity contribution is 5.75. The number of carbonyl (C=O) groups excluding carboxylic acids is 1. The van der Waals surface area contributed by atoms with E-state index in [1.165, 1.54) is 11.3 Å². The summed E-state index contributed by atoms with van der Waals surface area (Å²) in [4.78, 5) is 11.1. The second kappa shape index (κ2) is 4.34. The summed E-state index contributed by atoms with van der Waals surface area (Å²) < 4.78 is 0. The summed E-state index contributed by atoms with van der Waals surface area (Å²) in [6, 6.07) is 8.74. The zero-order chi connectivity index (χ0) is 10.7. The smallest absolute Gasteiger partial charge is 0.219 e. The Morgan fingerprint density at radius 3 is 3.07 bits per heavy atom. The number of para-hydroxylation sites is 1. The Kier molecular flexibility index (Phi) is 2.90. The van der Waals surface area contributed by atoms with Gasteiger partial charge < -0.3 is 10.6 Å². The molecule has 1 amide bonds. The van der Waals surface area contributed by atoms with Crippen molar-refractivity contribution < 1.29 is 4.79 Å². The quantitative estimate of drug-likeness (QED) is 0.784. The van der Waals surface area contributed by atoms with Gasteiger partial charge in [0.05, 0.1) is 0 Å². The van der Waals surface area contributed by atoms with E-state index in [1.807, 2.05) is 6.07 Å². The molecule has 1 unspecified atom stereocenters. The fourth-order valence-electron chi connectivity index (χ4n) is 1.98. The standard InChI is InChI=1S/C12H16N2O/c1-13-12(15)7-6-10-8-9-4-2-3-5-11(9)14-10/h2-5,10,14H,6-8H2,1H3,(H,13,15). The molecule has 0 radical (unpaired) electrons. The third-order valence-corrected chi connectivity index (χ3v) is 2.84. The van der Waals surface area contributed by atoms with Gasteiger partial charge in [-0.1, -0.05) is 18.2 Å². The zero-order valence-electron chi connectivity index (χ0n) is 8.92. The molecule has 3 heteroatoms. The highest BCUT2D eigenvalue weighted by Gasteiger charge is 2.19. The predicted molar refractivity (Wildman–Crippen MR) is 60.9 cm³/mol. The van der Waals surface area contributed by atoms with Crippen molar-refractivity contribution in [2.24, 2.45) is 0 Å². The van der Waals surface area contributed by atoms with Crippen LogP contribution in [0.25, 0.3) is 0 Å². The van der Waals surface area contributed by atoms with E-state index >= 15 is 0 Å². The highest BCUT2D eigenvalue weighted by Crippen LogP contribution is 2.26. The van der Waals surface area contributed by atoms with Gasteiger partial charge in [0.2, 0.25) is 5.91 Å². The lowest BCUT2D eigenvalue weighted by molar-refractivity contribution is -0.120. The molecule has 0 saturated heterocycles. The van der Waals surface area contributed by atoms with Crippen molar-refractivity contribution in [2.45, 2.75) is 25.3 Å². The van der Waals surface area contributed by atoms with Crippen molar-refractivity contribution in [1.29, 1.82) is 0 Å². The lowest BCUT2D eigenvalue weighted by Gasteiger charge is -2.09. The van der Waals surface area contributed by atoms with Crippen LogP contribution in [0, 0.1) is 0 Å². The molecule has 0 aliphatic carbocycles. The van der Waals surface area contributed by atoms with Crippen LogP contribution in [0.3, 0.4) is 0 Å². The Labute approximate surface area is 89.9 Å². The molecule has 2 rings (SSSR count). The summed E-state index contributed by atoms with van der Waals surface area (Å²) in [7, 11) is 1.68. The molecular weight excluding hydrogens is 188 g/mol. The van der Waals surface area contributed by atoms with Gasteiger partial charge in [0.1, 0.15) is 0 Å². The molecule has 0 fully saturated rings. The Bertz CT molecular complexity index is 337. The van der Waals surface area contributed by atoms with Crippen molar-refractivity contribution >= 4 is 11.6 Å². The Balaban J connectivity index is 1.88. The van der Waals surface area contributed by atoms with E-state index in [9.17, 15) is 4.79 Å². The topological polar surface area (TPSA) is 41.1 Å². The SMILES string of the molecule is CNC(=O)CCC1Cc2ccccc2N1. The van der Waals surface area contributed by atoms with Gasteiger partial charge in [-0.25, -0.2) is 0 Å². The van der Waals surface area contributed by atoms with E-state index < -0.39 is 0 Å². The van der Waals surface area contributed by atoms with Crippen LogP contribution >= 0.6 is 0 Å². The van der Waals surface area contributed by atoms with Crippen molar-refractivity contribution in [3.05, 3.63) is 29.8 Å². The van der Waals surface area contributed by atoms with E-state index in [-0.39, 0.29) is 5.91 Å². The number of amides is 1. The Morgan fingerprint density at radius 2 is 2.33 bits per heavy atom. The van der Waals surface area contributed by atoms with Crippen molar-refractivity contribution in [3.8, 4) is 0 Å². The number of rotatable bonds is 3. The molecule has 1 atom stereocenters. The fraction of sp³-hybridized carbons (Fsp3) is 0.417. The molecule has 1 aliphatic heterocycles. The molecule has 1 heterocycles. The fourth-order valence-corrected chi connectivity index (χ4v) is 1.98. The highest BCUT2D eigenvalue weighted by atomic mass is 16.1. The molecule has 1 aromatic rings. The first kappa shape index (κ1) is 10.0. The van der Waals surface area contributed by atoms with Crippen LogP contribution in [0.15, 0.2) is 24.3 Å². The number of nitrogens with one attached hydrogen (secondary N) is 2. The zero-order valence-corrected chi connectivity index (χ0v) is 8.92. The van der Waals surface area contributed by atoms with E-state index in [0.717, 1.165) is 12.8 Å². The summed E-state index contributed by atoms with van der Waals surface area (Å²) >= 11 is 0. The summed E-state index contributed by atoms with van der Waals surface area (Å²) in [5, 5.41) is 6.08. The normalized spacial score (nSPS) is 18.1. The maximum Gasteiger partial charge on any atom is 0.219 e. The molecule has 0 saturated carbocycles. The van der Waals surface area contributed by atoms with Crippen LogP contribution < -0.4 is 10.6 Å². The molecule has 3 nitrogen and oxygen atoms in total. The molecule has 2 N–H and O–H groups in total. The first-order valence-corrected chi connectivity index (χ1v) is 5.34. The average molecular weight is 204 g/mol. The molecule has 1 aliphatic rings. The lowest BCUT2D eigenvalue weighted by Crippen LogP contribution is -2.22. The van der Waals surface area contributed by atoms with Crippen LogP contribution in [0.1, 0.15) is 18.4 Å². The second-order valence-corrected chi connectivity index (χ2v) is 3.91. The Hall–Kier alpha value is -1.51. The first-order valence-electron chi connectivity index (χ1n) is 5.34. The monoisotopic (exact) mass is 204 g/mol. The summed E-state index contributed by atoms with van der Waals surface area (Å²) in [5.41, 5.74) is 2.58. The lowest BCUT2D eigenvalue weighted by atomic mass is 10.1. The summed E-state index contributed by atoms with van der Waals surface area (Å²) in [6.07, 6.45) is 2.53. The van der Waals surface area contributed by atoms with Crippen LogP contribution in [0.5, 0.6) is 0 Å². The maximum atomic E-state index is 11.1. The molecule has 1 aromatic carbocycles. The number of anilines is 1. The predicted octanol–water partition coefficient (Wildman–Crippen LogP) is 1.55. The van der Waals surface area contributed by atoms with Crippen molar-refractivity contribution in [3.63, 3.8) is 0 Å². The maximum absolute atomic E-state index is 11.1. The van der Waals surface area contributed by atoms with E-state index in [0.29, 0.717) is 12.5 Å². The molecule has 0 bridgehead atoms. The van der Waals surface area contributed by atoms with Crippen LogP contribution in [0.4, 0.5) is 5.69 Å². The third kappa shape index (κ3) is 2.29. The van der Waals surface area contributed by atoms with Gasteiger partial charge in [-0.15, -0.1) is 0 Å². The minimum absolute atomic E-state index is 0.118. The van der Waals surface area contributed by atoms with Gasteiger partial charge in [0.15, 0.2) is 0 Å².